The van der Waals surface area contributed by atoms with Gasteiger partial charge in [0.15, 0.2) is 0 Å². The lowest BCUT2D eigenvalue weighted by molar-refractivity contribution is 0.0523. The summed E-state index contributed by atoms with van der Waals surface area (Å²) in [6.45, 7) is 5.93. The summed E-state index contributed by atoms with van der Waals surface area (Å²) in [5.74, 6) is 2.08. The quantitative estimate of drug-likeness (QED) is 0.600. The summed E-state index contributed by atoms with van der Waals surface area (Å²) in [4.78, 5) is 23.7. The first-order chi connectivity index (χ1) is 8.52. The maximum atomic E-state index is 11.8. The Morgan fingerprint density at radius 3 is 2.72 bits per heavy atom. The molecule has 0 radical (unpaired) electrons. The average Bonchev–Trinajstić information content (AvgIpc) is 2.28. The van der Waals surface area contributed by atoms with Gasteiger partial charge in [0.2, 0.25) is 0 Å². The van der Waals surface area contributed by atoms with Gasteiger partial charge in [0.05, 0.1) is 12.2 Å². The van der Waals surface area contributed by atoms with Crippen molar-refractivity contribution in [2.24, 2.45) is 0 Å². The van der Waals surface area contributed by atoms with Crippen LogP contribution in [0, 0.1) is 26.2 Å². The molecule has 1 aromatic heterocycles. The molecule has 0 saturated heterocycles. The molecule has 1 heterocycles. The Kier molecular flexibility index (Phi) is 4.73. The van der Waals surface area contributed by atoms with Crippen LogP contribution in [0.4, 0.5) is 0 Å². The van der Waals surface area contributed by atoms with Crippen molar-refractivity contribution in [3.05, 3.63) is 33.2 Å². The van der Waals surface area contributed by atoms with E-state index in [0.29, 0.717) is 36.4 Å². The van der Waals surface area contributed by atoms with Crippen molar-refractivity contribution in [1.29, 1.82) is 0 Å². The number of ether oxygens (including phenoxy) is 1. The molecular formula is C14H17NO3. The standard InChI is InChI=1S/C14H17NO3/c1-5-7-8-15-11(4)13(14(17)18-6-2)10(3)9-12(15)16/h1,9H,6-8H2,2-4H3. The second-order valence-electron chi connectivity index (χ2n) is 3.95. The van der Waals surface area contributed by atoms with Crippen molar-refractivity contribution in [3.63, 3.8) is 0 Å². The molecule has 4 heteroatoms. The third-order valence-corrected chi connectivity index (χ3v) is 2.73. The van der Waals surface area contributed by atoms with Crippen LogP contribution in [0.1, 0.15) is 35.0 Å². The van der Waals surface area contributed by atoms with Gasteiger partial charge in [-0.15, -0.1) is 12.3 Å². The molecule has 0 N–H and O–H groups in total. The molecule has 0 unspecified atom stereocenters. The molecule has 96 valence electrons. The second-order valence-corrected chi connectivity index (χ2v) is 3.95. The van der Waals surface area contributed by atoms with Crippen LogP contribution in [0.15, 0.2) is 10.9 Å². The van der Waals surface area contributed by atoms with Crippen LogP contribution in [0.25, 0.3) is 0 Å². The number of esters is 1. The number of terminal acetylenes is 1. The molecule has 0 aliphatic heterocycles. The summed E-state index contributed by atoms with van der Waals surface area (Å²) in [7, 11) is 0. The first-order valence-electron chi connectivity index (χ1n) is 5.84. The van der Waals surface area contributed by atoms with Crippen LogP contribution in [0.2, 0.25) is 0 Å². The first kappa shape index (κ1) is 14.0. The van der Waals surface area contributed by atoms with Gasteiger partial charge in [-0.25, -0.2) is 4.79 Å². The molecule has 0 aliphatic rings. The van der Waals surface area contributed by atoms with E-state index in [9.17, 15) is 9.59 Å². The molecule has 1 aromatic rings. The van der Waals surface area contributed by atoms with E-state index in [1.54, 1.807) is 20.8 Å². The Morgan fingerprint density at radius 1 is 1.50 bits per heavy atom. The zero-order valence-corrected chi connectivity index (χ0v) is 10.9. The van der Waals surface area contributed by atoms with Gasteiger partial charge in [-0.1, -0.05) is 0 Å². The lowest BCUT2D eigenvalue weighted by atomic mass is 10.1. The van der Waals surface area contributed by atoms with Crippen molar-refractivity contribution in [3.8, 4) is 12.3 Å². The zero-order valence-electron chi connectivity index (χ0n) is 10.9. The maximum absolute atomic E-state index is 11.8. The molecule has 0 amide bonds. The molecule has 0 bridgehead atoms. The van der Waals surface area contributed by atoms with E-state index in [2.05, 4.69) is 5.92 Å². The number of hydrogen-bond acceptors (Lipinski definition) is 3. The third kappa shape index (κ3) is 2.80. The fourth-order valence-corrected chi connectivity index (χ4v) is 1.89. The number of rotatable bonds is 4. The minimum absolute atomic E-state index is 0.145. The van der Waals surface area contributed by atoms with Gasteiger partial charge in [-0.05, 0) is 26.3 Å². The van der Waals surface area contributed by atoms with Gasteiger partial charge in [-0.2, -0.15) is 0 Å². The van der Waals surface area contributed by atoms with Crippen LogP contribution in [-0.4, -0.2) is 17.1 Å². The van der Waals surface area contributed by atoms with Crippen molar-refractivity contribution in [2.75, 3.05) is 6.61 Å². The van der Waals surface area contributed by atoms with Gasteiger partial charge < -0.3 is 9.30 Å². The largest absolute Gasteiger partial charge is 0.462 e. The second kappa shape index (κ2) is 6.06. The normalized spacial score (nSPS) is 9.89. The smallest absolute Gasteiger partial charge is 0.340 e. The first-order valence-corrected chi connectivity index (χ1v) is 5.84. The summed E-state index contributed by atoms with van der Waals surface area (Å²) in [5.41, 5.74) is 1.54. The summed E-state index contributed by atoms with van der Waals surface area (Å²) in [5, 5.41) is 0. The average molecular weight is 247 g/mol. The molecule has 18 heavy (non-hydrogen) atoms. The number of aryl methyl sites for hydroxylation is 1. The number of nitrogens with zero attached hydrogens (tertiary/aromatic N) is 1. The fourth-order valence-electron chi connectivity index (χ4n) is 1.89. The highest BCUT2D eigenvalue weighted by molar-refractivity contribution is 5.92. The number of pyridine rings is 1. The van der Waals surface area contributed by atoms with Crippen molar-refractivity contribution in [1.82, 2.24) is 4.57 Å². The van der Waals surface area contributed by atoms with Crippen LogP contribution in [0.3, 0.4) is 0 Å². The van der Waals surface area contributed by atoms with E-state index in [0.717, 1.165) is 0 Å². The van der Waals surface area contributed by atoms with Crippen LogP contribution >= 0.6 is 0 Å². The molecule has 0 aliphatic carbocycles. The Labute approximate surface area is 107 Å². The summed E-state index contributed by atoms with van der Waals surface area (Å²) >= 11 is 0. The summed E-state index contributed by atoms with van der Waals surface area (Å²) < 4.78 is 6.51. The monoisotopic (exact) mass is 247 g/mol. The number of carbonyl (C=O) groups excluding carboxylic acids is 1. The van der Waals surface area contributed by atoms with Crippen molar-refractivity contribution >= 4 is 5.97 Å². The van der Waals surface area contributed by atoms with E-state index in [1.807, 2.05) is 0 Å². The molecule has 0 saturated carbocycles. The summed E-state index contributed by atoms with van der Waals surface area (Å²) in [6.07, 6.45) is 5.65. The lowest BCUT2D eigenvalue weighted by Crippen LogP contribution is -2.26. The number of hydrogen-bond donors (Lipinski definition) is 0. The van der Waals surface area contributed by atoms with Crippen LogP contribution < -0.4 is 5.56 Å². The van der Waals surface area contributed by atoms with Crippen LogP contribution in [0.5, 0.6) is 0 Å². The molecule has 0 fully saturated rings. The number of carbonyl (C=O) groups is 1. The molecule has 4 nitrogen and oxygen atoms in total. The maximum Gasteiger partial charge on any atom is 0.340 e. The lowest BCUT2D eigenvalue weighted by Gasteiger charge is -2.14. The Bertz CT molecular complexity index is 549. The fraction of sp³-hybridized carbons (Fsp3) is 0.429. The highest BCUT2D eigenvalue weighted by atomic mass is 16.5. The highest BCUT2D eigenvalue weighted by Crippen LogP contribution is 2.13. The topological polar surface area (TPSA) is 48.3 Å². The van der Waals surface area contributed by atoms with Gasteiger partial charge in [-0.3, -0.25) is 4.79 Å². The SMILES string of the molecule is C#CCCn1c(C)c(C(=O)OCC)c(C)cc1=O. The van der Waals surface area contributed by atoms with E-state index in [-0.39, 0.29) is 5.56 Å². The molecule has 0 spiro atoms. The molecular weight excluding hydrogens is 230 g/mol. The predicted octanol–water partition coefficient (Wildman–Crippen LogP) is 1.67. The third-order valence-electron chi connectivity index (χ3n) is 2.73. The highest BCUT2D eigenvalue weighted by Gasteiger charge is 2.17. The molecule has 0 atom stereocenters. The van der Waals surface area contributed by atoms with Gasteiger partial charge >= 0.3 is 5.97 Å². The minimum atomic E-state index is -0.401. The molecule has 1 rings (SSSR count). The van der Waals surface area contributed by atoms with Gasteiger partial charge in [0.25, 0.3) is 5.56 Å². The van der Waals surface area contributed by atoms with Crippen LogP contribution in [-0.2, 0) is 11.3 Å². The number of aromatic nitrogens is 1. The van der Waals surface area contributed by atoms with E-state index in [4.69, 9.17) is 11.2 Å². The van der Waals surface area contributed by atoms with Crippen molar-refractivity contribution < 1.29 is 9.53 Å². The Hall–Kier alpha value is -2.02. The van der Waals surface area contributed by atoms with E-state index < -0.39 is 5.97 Å². The van der Waals surface area contributed by atoms with Gasteiger partial charge in [0, 0.05) is 24.7 Å². The molecule has 0 aromatic carbocycles. The van der Waals surface area contributed by atoms with Gasteiger partial charge in [0.1, 0.15) is 0 Å². The zero-order chi connectivity index (χ0) is 13.7. The Morgan fingerprint density at radius 2 is 2.17 bits per heavy atom. The van der Waals surface area contributed by atoms with Crippen molar-refractivity contribution in [2.45, 2.75) is 33.7 Å². The Balaban J connectivity index is 3.31. The minimum Gasteiger partial charge on any atom is -0.462 e. The van der Waals surface area contributed by atoms with E-state index in [1.165, 1.54) is 10.6 Å². The van der Waals surface area contributed by atoms with E-state index >= 15 is 0 Å². The predicted molar refractivity (Wildman–Crippen MR) is 69.6 cm³/mol. The summed E-state index contributed by atoms with van der Waals surface area (Å²) in [6, 6.07) is 1.44.